The molecule has 0 aromatic carbocycles. The van der Waals surface area contributed by atoms with Crippen LogP contribution in [-0.4, -0.2) is 50.0 Å². The van der Waals surface area contributed by atoms with Crippen molar-refractivity contribution in [1.82, 2.24) is 15.2 Å². The fraction of sp³-hybridized carbons (Fsp3) is 0.538. The summed E-state index contributed by atoms with van der Waals surface area (Å²) in [5.41, 5.74) is 0.641. The van der Waals surface area contributed by atoms with Crippen molar-refractivity contribution in [2.45, 2.75) is 12.8 Å². The number of hydrogen-bond donors (Lipinski definition) is 2. The predicted molar refractivity (Wildman–Crippen MR) is 73.9 cm³/mol. The topological polar surface area (TPSA) is 57.3 Å². The van der Waals surface area contributed by atoms with Crippen LogP contribution in [0.3, 0.4) is 0 Å². The molecule has 1 aromatic rings. The van der Waals surface area contributed by atoms with Gasteiger partial charge in [0, 0.05) is 25.4 Å². The van der Waals surface area contributed by atoms with Gasteiger partial charge in [0.2, 0.25) is 0 Å². The molecule has 0 fully saturated rings. The summed E-state index contributed by atoms with van der Waals surface area (Å²) < 4.78 is 0. The molecule has 5 nitrogen and oxygen atoms in total. The quantitative estimate of drug-likeness (QED) is 0.714. The first-order valence-corrected chi connectivity index (χ1v) is 6.20. The van der Waals surface area contributed by atoms with E-state index in [0.29, 0.717) is 17.9 Å². The minimum atomic E-state index is -0.0428. The number of amides is 1. The minimum absolute atomic E-state index is 0.0428. The van der Waals surface area contributed by atoms with E-state index in [1.165, 1.54) is 0 Å². The van der Waals surface area contributed by atoms with E-state index < -0.39 is 0 Å². The van der Waals surface area contributed by atoms with Crippen molar-refractivity contribution in [1.29, 1.82) is 0 Å². The lowest BCUT2D eigenvalue weighted by molar-refractivity contribution is 0.0952. The fourth-order valence-electron chi connectivity index (χ4n) is 1.57. The Morgan fingerprint density at radius 1 is 1.39 bits per heavy atom. The molecule has 1 amide bonds. The van der Waals surface area contributed by atoms with E-state index in [1.54, 1.807) is 25.4 Å². The molecule has 2 N–H and O–H groups in total. The molecule has 0 unspecified atom stereocenters. The van der Waals surface area contributed by atoms with Crippen molar-refractivity contribution in [2.24, 2.45) is 0 Å². The first-order chi connectivity index (χ1) is 8.63. The number of pyridine rings is 1. The highest BCUT2D eigenvalue weighted by molar-refractivity contribution is 5.94. The van der Waals surface area contributed by atoms with E-state index in [-0.39, 0.29) is 5.91 Å². The Balaban J connectivity index is 2.31. The molecule has 1 heterocycles. The Labute approximate surface area is 109 Å². The molecule has 0 aliphatic rings. The molecule has 0 bridgehead atoms. The number of carbonyl (C=O) groups is 1. The van der Waals surface area contributed by atoms with Gasteiger partial charge in [-0.2, -0.15) is 0 Å². The maximum atomic E-state index is 11.8. The number of aromatic nitrogens is 1. The Kier molecular flexibility index (Phi) is 6.14. The Morgan fingerprint density at radius 2 is 2.17 bits per heavy atom. The molecule has 5 heteroatoms. The van der Waals surface area contributed by atoms with E-state index >= 15 is 0 Å². The SMILES string of the molecule is CNc1cc(C(=O)NCCCCN(C)C)ccn1. The first-order valence-electron chi connectivity index (χ1n) is 6.20. The highest BCUT2D eigenvalue weighted by Crippen LogP contribution is 2.05. The average molecular weight is 250 g/mol. The van der Waals surface area contributed by atoms with Crippen molar-refractivity contribution >= 4 is 11.7 Å². The van der Waals surface area contributed by atoms with Crippen molar-refractivity contribution in [3.63, 3.8) is 0 Å². The number of rotatable bonds is 7. The summed E-state index contributed by atoms with van der Waals surface area (Å²) in [6.45, 7) is 1.76. The van der Waals surface area contributed by atoms with Gasteiger partial charge in [-0.3, -0.25) is 4.79 Å². The van der Waals surface area contributed by atoms with Crippen LogP contribution in [0.2, 0.25) is 0 Å². The van der Waals surface area contributed by atoms with Crippen LogP contribution in [0.4, 0.5) is 5.82 Å². The molecule has 1 aromatic heterocycles. The van der Waals surface area contributed by atoms with E-state index in [2.05, 4.69) is 34.6 Å². The molecule has 0 radical (unpaired) electrons. The summed E-state index contributed by atoms with van der Waals surface area (Å²) in [6, 6.07) is 3.46. The summed E-state index contributed by atoms with van der Waals surface area (Å²) >= 11 is 0. The second kappa shape index (κ2) is 7.66. The van der Waals surface area contributed by atoms with Gasteiger partial charge in [0.15, 0.2) is 0 Å². The predicted octanol–water partition coefficient (Wildman–Crippen LogP) is 1.19. The van der Waals surface area contributed by atoms with Crippen LogP contribution < -0.4 is 10.6 Å². The Hall–Kier alpha value is -1.62. The summed E-state index contributed by atoms with van der Waals surface area (Å²) in [6.07, 6.45) is 3.71. The summed E-state index contributed by atoms with van der Waals surface area (Å²) in [5.74, 6) is 0.661. The van der Waals surface area contributed by atoms with Crippen LogP contribution in [0.5, 0.6) is 0 Å². The van der Waals surface area contributed by atoms with Gasteiger partial charge in [-0.05, 0) is 45.6 Å². The van der Waals surface area contributed by atoms with Gasteiger partial charge >= 0.3 is 0 Å². The zero-order chi connectivity index (χ0) is 13.4. The van der Waals surface area contributed by atoms with Crippen LogP contribution in [0.15, 0.2) is 18.3 Å². The van der Waals surface area contributed by atoms with E-state index in [1.807, 2.05) is 0 Å². The molecule has 0 saturated carbocycles. The molecule has 0 aliphatic heterocycles. The summed E-state index contributed by atoms with van der Waals surface area (Å²) in [4.78, 5) is 18.0. The molecule has 100 valence electrons. The van der Waals surface area contributed by atoms with Crippen LogP contribution in [-0.2, 0) is 0 Å². The van der Waals surface area contributed by atoms with Gasteiger partial charge in [-0.1, -0.05) is 0 Å². The molecular formula is C13H22N4O. The van der Waals surface area contributed by atoms with Crippen LogP contribution >= 0.6 is 0 Å². The third kappa shape index (κ3) is 5.14. The third-order valence-electron chi connectivity index (χ3n) is 2.60. The first kappa shape index (κ1) is 14.4. The second-order valence-electron chi connectivity index (χ2n) is 4.45. The largest absolute Gasteiger partial charge is 0.373 e. The van der Waals surface area contributed by atoms with Gasteiger partial charge in [-0.15, -0.1) is 0 Å². The number of hydrogen-bond acceptors (Lipinski definition) is 4. The monoisotopic (exact) mass is 250 g/mol. The van der Waals surface area contributed by atoms with Crippen LogP contribution in [0, 0.1) is 0 Å². The van der Waals surface area contributed by atoms with Crippen molar-refractivity contribution in [3.8, 4) is 0 Å². The highest BCUT2D eigenvalue weighted by Gasteiger charge is 2.05. The molecule has 0 aliphatic carbocycles. The van der Waals surface area contributed by atoms with Crippen LogP contribution in [0.25, 0.3) is 0 Å². The number of anilines is 1. The van der Waals surface area contributed by atoms with Crippen molar-refractivity contribution in [3.05, 3.63) is 23.9 Å². The van der Waals surface area contributed by atoms with Gasteiger partial charge in [0.1, 0.15) is 5.82 Å². The molecule has 0 spiro atoms. The zero-order valence-electron chi connectivity index (χ0n) is 11.4. The highest BCUT2D eigenvalue weighted by atomic mass is 16.1. The lowest BCUT2D eigenvalue weighted by Crippen LogP contribution is -2.25. The van der Waals surface area contributed by atoms with Gasteiger partial charge in [0.05, 0.1) is 0 Å². The second-order valence-corrected chi connectivity index (χ2v) is 4.45. The molecule has 0 saturated heterocycles. The maximum Gasteiger partial charge on any atom is 0.251 e. The van der Waals surface area contributed by atoms with Crippen LogP contribution in [0.1, 0.15) is 23.2 Å². The molecule has 0 atom stereocenters. The zero-order valence-corrected chi connectivity index (χ0v) is 11.4. The summed E-state index contributed by atoms with van der Waals surface area (Å²) in [7, 11) is 5.88. The van der Waals surface area contributed by atoms with Gasteiger partial charge < -0.3 is 15.5 Å². The smallest absolute Gasteiger partial charge is 0.251 e. The Morgan fingerprint density at radius 3 is 2.83 bits per heavy atom. The van der Waals surface area contributed by atoms with Gasteiger partial charge in [-0.25, -0.2) is 4.98 Å². The lowest BCUT2D eigenvalue weighted by Gasteiger charge is -2.09. The molecular weight excluding hydrogens is 228 g/mol. The number of nitrogens with zero attached hydrogens (tertiary/aromatic N) is 2. The summed E-state index contributed by atoms with van der Waals surface area (Å²) in [5, 5.41) is 5.83. The number of nitrogens with one attached hydrogen (secondary N) is 2. The Bertz CT molecular complexity index is 379. The standard InChI is InChI=1S/C13H22N4O/c1-14-12-10-11(6-8-15-12)13(18)16-7-4-5-9-17(2)3/h6,8,10H,4-5,7,9H2,1-3H3,(H,14,15)(H,16,18). The molecule has 1 rings (SSSR count). The van der Waals surface area contributed by atoms with Gasteiger partial charge in [0.25, 0.3) is 5.91 Å². The average Bonchev–Trinajstić information content (AvgIpc) is 2.37. The van der Waals surface area contributed by atoms with Crippen molar-refractivity contribution in [2.75, 3.05) is 39.5 Å². The number of carbonyl (C=O) groups excluding carboxylic acids is 1. The fourth-order valence-corrected chi connectivity index (χ4v) is 1.57. The lowest BCUT2D eigenvalue weighted by atomic mass is 10.2. The van der Waals surface area contributed by atoms with Crippen molar-refractivity contribution < 1.29 is 4.79 Å². The van der Waals surface area contributed by atoms with E-state index in [9.17, 15) is 4.79 Å². The minimum Gasteiger partial charge on any atom is -0.373 e. The normalized spacial score (nSPS) is 10.4. The van der Waals surface area contributed by atoms with E-state index in [0.717, 1.165) is 19.4 Å². The molecule has 18 heavy (non-hydrogen) atoms. The third-order valence-corrected chi connectivity index (χ3v) is 2.60. The number of unbranched alkanes of at least 4 members (excludes halogenated alkanes) is 1. The maximum absolute atomic E-state index is 11.8. The van der Waals surface area contributed by atoms with E-state index in [4.69, 9.17) is 0 Å².